The van der Waals surface area contributed by atoms with Gasteiger partial charge in [-0.1, -0.05) is 12.1 Å². The lowest BCUT2D eigenvalue weighted by Crippen LogP contribution is -2.63. The van der Waals surface area contributed by atoms with Gasteiger partial charge in [-0.15, -0.1) is 0 Å². The minimum atomic E-state index is -4.39. The Morgan fingerprint density at radius 1 is 1.26 bits per heavy atom. The van der Waals surface area contributed by atoms with Crippen molar-refractivity contribution in [1.82, 2.24) is 15.1 Å². The van der Waals surface area contributed by atoms with Crippen molar-refractivity contribution in [2.45, 2.75) is 31.7 Å². The number of carbonyl (C=O) groups excluding carboxylic acids is 1. The fraction of sp³-hybridized carbons (Fsp3) is 0.533. The maximum atomic E-state index is 13.1. The van der Waals surface area contributed by atoms with Crippen LogP contribution in [0.25, 0.3) is 0 Å². The fourth-order valence-corrected chi connectivity index (χ4v) is 2.56. The molecule has 0 spiro atoms. The molecule has 1 aliphatic rings. The number of alkyl halides is 3. The molecule has 0 aromatic heterocycles. The zero-order chi connectivity index (χ0) is 17.2. The van der Waals surface area contributed by atoms with Crippen molar-refractivity contribution in [3.8, 4) is 0 Å². The molecule has 4 nitrogen and oxygen atoms in total. The first-order valence-corrected chi connectivity index (χ1v) is 7.24. The van der Waals surface area contributed by atoms with E-state index in [2.05, 4.69) is 5.32 Å². The van der Waals surface area contributed by atoms with Gasteiger partial charge in [-0.3, -0.25) is 4.90 Å². The largest absolute Gasteiger partial charge is 0.405 e. The van der Waals surface area contributed by atoms with Crippen molar-refractivity contribution in [3.63, 3.8) is 0 Å². The Hall–Kier alpha value is -1.83. The molecule has 2 atom stereocenters. The summed E-state index contributed by atoms with van der Waals surface area (Å²) in [5, 5.41) is 2.57. The second kappa shape index (κ2) is 6.74. The molecule has 1 N–H and O–H groups in total. The van der Waals surface area contributed by atoms with E-state index in [1.165, 1.54) is 41.1 Å². The smallest absolute Gasteiger partial charge is 0.334 e. The van der Waals surface area contributed by atoms with E-state index in [0.717, 1.165) is 0 Å². The molecule has 2 unspecified atom stereocenters. The van der Waals surface area contributed by atoms with Gasteiger partial charge in [-0.05, 0) is 31.7 Å². The van der Waals surface area contributed by atoms with Gasteiger partial charge >= 0.3 is 12.2 Å². The molecule has 1 saturated heterocycles. The molecule has 1 heterocycles. The van der Waals surface area contributed by atoms with Crippen LogP contribution in [-0.2, 0) is 6.54 Å². The fourth-order valence-electron chi connectivity index (χ4n) is 2.56. The van der Waals surface area contributed by atoms with Gasteiger partial charge in [0, 0.05) is 25.7 Å². The Bertz CT molecular complexity index is 547. The monoisotopic (exact) mass is 333 g/mol. The zero-order valence-electron chi connectivity index (χ0n) is 12.9. The SMILES string of the molecule is CC1CN(C(=O)NCc2ccc(F)cc2)CC(C(F)(F)F)N1C. The van der Waals surface area contributed by atoms with E-state index < -0.39 is 30.8 Å². The number of benzene rings is 1. The number of amides is 2. The average Bonchev–Trinajstić information content (AvgIpc) is 2.47. The molecule has 23 heavy (non-hydrogen) atoms. The maximum absolute atomic E-state index is 13.1. The van der Waals surface area contributed by atoms with Crippen molar-refractivity contribution in [2.24, 2.45) is 0 Å². The number of halogens is 4. The van der Waals surface area contributed by atoms with Crippen LogP contribution >= 0.6 is 0 Å². The highest BCUT2D eigenvalue weighted by Crippen LogP contribution is 2.29. The summed E-state index contributed by atoms with van der Waals surface area (Å²) >= 11 is 0. The standard InChI is InChI=1S/C15H19F4N3O/c1-10-8-22(9-13(21(10)2)15(17,18)19)14(23)20-7-11-3-5-12(16)6-4-11/h3-6,10,13H,7-9H2,1-2H3,(H,20,23). The number of hydrogen-bond donors (Lipinski definition) is 1. The lowest BCUT2D eigenvalue weighted by molar-refractivity contribution is -0.196. The molecular weight excluding hydrogens is 314 g/mol. The third-order valence-corrected chi connectivity index (χ3v) is 4.09. The van der Waals surface area contributed by atoms with Crippen molar-refractivity contribution in [1.29, 1.82) is 0 Å². The predicted molar refractivity (Wildman–Crippen MR) is 77.3 cm³/mol. The Kier molecular flexibility index (Phi) is 5.13. The summed E-state index contributed by atoms with van der Waals surface area (Å²) in [6.45, 7) is 1.60. The van der Waals surface area contributed by atoms with E-state index in [4.69, 9.17) is 0 Å². The Balaban J connectivity index is 1.97. The molecule has 1 aromatic carbocycles. The summed E-state index contributed by atoms with van der Waals surface area (Å²) in [7, 11) is 1.41. The lowest BCUT2D eigenvalue weighted by Gasteiger charge is -2.44. The number of nitrogens with one attached hydrogen (secondary N) is 1. The van der Waals surface area contributed by atoms with Crippen molar-refractivity contribution in [2.75, 3.05) is 20.1 Å². The van der Waals surface area contributed by atoms with Crippen molar-refractivity contribution < 1.29 is 22.4 Å². The summed E-state index contributed by atoms with van der Waals surface area (Å²) < 4.78 is 52.0. The van der Waals surface area contributed by atoms with Gasteiger partial charge in [0.05, 0.1) is 0 Å². The number of rotatable bonds is 2. The van der Waals surface area contributed by atoms with Crippen LogP contribution in [0.15, 0.2) is 24.3 Å². The molecule has 0 aliphatic carbocycles. The molecule has 1 fully saturated rings. The van der Waals surface area contributed by atoms with E-state index >= 15 is 0 Å². The van der Waals surface area contributed by atoms with E-state index in [-0.39, 0.29) is 18.9 Å². The topological polar surface area (TPSA) is 35.6 Å². The second-order valence-electron chi connectivity index (χ2n) is 5.76. The second-order valence-corrected chi connectivity index (χ2v) is 5.76. The lowest BCUT2D eigenvalue weighted by atomic mass is 10.1. The third kappa shape index (κ3) is 4.34. The van der Waals surface area contributed by atoms with Gasteiger partial charge in [0.1, 0.15) is 11.9 Å². The Morgan fingerprint density at radius 3 is 2.43 bits per heavy atom. The number of nitrogens with zero attached hydrogens (tertiary/aromatic N) is 2. The third-order valence-electron chi connectivity index (χ3n) is 4.09. The van der Waals surface area contributed by atoms with Crippen LogP contribution < -0.4 is 5.32 Å². The Labute approximate surface area is 132 Å². The van der Waals surface area contributed by atoms with Gasteiger partial charge in [0.25, 0.3) is 0 Å². The molecule has 2 rings (SSSR count). The zero-order valence-corrected chi connectivity index (χ0v) is 12.9. The molecule has 0 saturated carbocycles. The van der Waals surface area contributed by atoms with Crippen LogP contribution in [0.2, 0.25) is 0 Å². The van der Waals surface area contributed by atoms with Crippen molar-refractivity contribution >= 4 is 6.03 Å². The summed E-state index contributed by atoms with van der Waals surface area (Å²) in [6.07, 6.45) is -4.39. The minimum absolute atomic E-state index is 0.135. The first kappa shape index (κ1) is 17.5. The molecule has 1 aromatic rings. The highest BCUT2D eigenvalue weighted by Gasteiger charge is 2.47. The summed E-state index contributed by atoms with van der Waals surface area (Å²) in [4.78, 5) is 14.5. The van der Waals surface area contributed by atoms with Gasteiger partial charge in [0.2, 0.25) is 0 Å². The number of piperazine rings is 1. The minimum Gasteiger partial charge on any atom is -0.334 e. The van der Waals surface area contributed by atoms with Gasteiger partial charge in [-0.25, -0.2) is 9.18 Å². The predicted octanol–water partition coefficient (Wildman–Crippen LogP) is 2.60. The summed E-state index contributed by atoms with van der Waals surface area (Å²) in [6, 6.07) is 2.93. The first-order chi connectivity index (χ1) is 10.7. The summed E-state index contributed by atoms with van der Waals surface area (Å²) in [5.41, 5.74) is 0.675. The van der Waals surface area contributed by atoms with Gasteiger partial charge in [-0.2, -0.15) is 13.2 Å². The highest BCUT2D eigenvalue weighted by atomic mass is 19.4. The number of carbonyl (C=O) groups is 1. The molecule has 0 radical (unpaired) electrons. The molecule has 128 valence electrons. The van der Waals surface area contributed by atoms with E-state index in [1.807, 2.05) is 0 Å². The van der Waals surface area contributed by atoms with E-state index in [9.17, 15) is 22.4 Å². The van der Waals surface area contributed by atoms with Crippen LogP contribution in [-0.4, -0.2) is 54.2 Å². The van der Waals surface area contributed by atoms with Gasteiger partial charge < -0.3 is 10.2 Å². The van der Waals surface area contributed by atoms with E-state index in [0.29, 0.717) is 5.56 Å². The quantitative estimate of drug-likeness (QED) is 0.845. The normalized spacial score (nSPS) is 23.0. The molecule has 2 amide bonds. The molecular formula is C15H19F4N3O. The van der Waals surface area contributed by atoms with Crippen LogP contribution in [0.3, 0.4) is 0 Å². The number of urea groups is 1. The van der Waals surface area contributed by atoms with Crippen LogP contribution in [0.1, 0.15) is 12.5 Å². The van der Waals surface area contributed by atoms with E-state index in [1.54, 1.807) is 6.92 Å². The first-order valence-electron chi connectivity index (χ1n) is 7.24. The van der Waals surface area contributed by atoms with Crippen molar-refractivity contribution in [3.05, 3.63) is 35.6 Å². The molecule has 8 heteroatoms. The van der Waals surface area contributed by atoms with Gasteiger partial charge in [0.15, 0.2) is 0 Å². The van der Waals surface area contributed by atoms with Crippen LogP contribution in [0.4, 0.5) is 22.4 Å². The highest BCUT2D eigenvalue weighted by molar-refractivity contribution is 5.74. The Morgan fingerprint density at radius 2 is 1.87 bits per heavy atom. The molecule has 0 bridgehead atoms. The number of likely N-dealkylation sites (N-methyl/N-ethyl adjacent to an activating group) is 1. The van der Waals surface area contributed by atoms with Crippen LogP contribution in [0, 0.1) is 5.82 Å². The maximum Gasteiger partial charge on any atom is 0.405 e. The molecule has 1 aliphatic heterocycles. The number of hydrogen-bond acceptors (Lipinski definition) is 2. The summed E-state index contributed by atoms with van der Waals surface area (Å²) in [5.74, 6) is -0.388. The average molecular weight is 333 g/mol. The van der Waals surface area contributed by atoms with Crippen LogP contribution in [0.5, 0.6) is 0 Å².